The number of hydrogen-bond acceptors (Lipinski definition) is 4. The fourth-order valence-electron chi connectivity index (χ4n) is 1.15. The maximum absolute atomic E-state index is 9.90. The van der Waals surface area contributed by atoms with Crippen LogP contribution >= 0.6 is 0 Å². The Bertz CT molecular complexity index is 315. The molecule has 0 radical (unpaired) electrons. The standard InChI is InChI=1S/C10H19N3O2.ClH/c1-5(2)7(11)8(14)10-13-12-9(15-10)6(3)4;/h5-8,14H,11H2,1-4H3;1H/t7-,8?;/m0./s1. The van der Waals surface area contributed by atoms with Gasteiger partial charge in [-0.25, -0.2) is 0 Å². The first kappa shape index (κ1) is 15.3. The van der Waals surface area contributed by atoms with E-state index < -0.39 is 6.10 Å². The first-order valence-electron chi connectivity index (χ1n) is 5.28. The van der Waals surface area contributed by atoms with Crippen LogP contribution in [0.1, 0.15) is 51.5 Å². The summed E-state index contributed by atoms with van der Waals surface area (Å²) in [6, 6.07) is -0.134. The molecule has 16 heavy (non-hydrogen) atoms. The van der Waals surface area contributed by atoms with Crippen molar-refractivity contribution in [2.45, 2.75) is 45.8 Å². The van der Waals surface area contributed by atoms with E-state index >= 15 is 0 Å². The van der Waals surface area contributed by atoms with Crippen molar-refractivity contribution in [3.8, 4) is 0 Å². The van der Waals surface area contributed by atoms with Gasteiger partial charge in [-0.05, 0) is 0 Å². The second-order valence-electron chi connectivity index (χ2n) is 4.49. The van der Waals surface area contributed by atoms with E-state index in [2.05, 4.69) is 15.9 Å². The summed E-state index contributed by atoms with van der Waals surface area (Å²) in [5.74, 6) is 1.28. The molecule has 0 fully saturated rings. The van der Waals surface area contributed by atoms with Crippen LogP contribution in [0.5, 0.6) is 0 Å². The van der Waals surface area contributed by atoms with Gasteiger partial charge >= 0.3 is 0 Å². The molecule has 2 atom stereocenters. The molecule has 1 unspecified atom stereocenters. The van der Waals surface area contributed by atoms with Crippen molar-refractivity contribution < 1.29 is 27.7 Å². The molecule has 5 nitrogen and oxygen atoms in total. The number of aliphatic hydroxyl groups is 1. The van der Waals surface area contributed by atoms with Crippen LogP contribution in [0.3, 0.4) is 0 Å². The van der Waals surface area contributed by atoms with Crippen LogP contribution in [0.2, 0.25) is 0 Å². The van der Waals surface area contributed by atoms with Gasteiger partial charge in [-0.15, -0.1) is 10.2 Å². The van der Waals surface area contributed by atoms with Crippen molar-refractivity contribution in [2.24, 2.45) is 5.92 Å². The van der Waals surface area contributed by atoms with E-state index in [1.54, 1.807) is 0 Å². The third-order valence-corrected chi connectivity index (χ3v) is 2.47. The van der Waals surface area contributed by atoms with Gasteiger partial charge in [0.15, 0.2) is 6.10 Å². The van der Waals surface area contributed by atoms with Crippen molar-refractivity contribution in [2.75, 3.05) is 0 Å². The average molecular weight is 250 g/mol. The summed E-state index contributed by atoms with van der Waals surface area (Å²) in [7, 11) is 0. The van der Waals surface area contributed by atoms with Crippen molar-refractivity contribution in [1.29, 1.82) is 0 Å². The number of rotatable bonds is 4. The first-order valence-corrected chi connectivity index (χ1v) is 5.28. The Morgan fingerprint density at radius 3 is 2.00 bits per heavy atom. The lowest BCUT2D eigenvalue weighted by Crippen LogP contribution is -3.00. The summed E-state index contributed by atoms with van der Waals surface area (Å²) in [4.78, 5) is 0. The lowest BCUT2D eigenvalue weighted by Gasteiger charge is -2.15. The second-order valence-corrected chi connectivity index (χ2v) is 4.49. The third-order valence-electron chi connectivity index (χ3n) is 2.47. The molecule has 0 saturated heterocycles. The molecule has 94 valence electrons. The largest absolute Gasteiger partial charge is 1.00 e. The van der Waals surface area contributed by atoms with Gasteiger partial charge in [0.2, 0.25) is 5.89 Å². The number of quaternary nitrogens is 1. The van der Waals surface area contributed by atoms with Gasteiger partial charge in [-0.3, -0.25) is 0 Å². The van der Waals surface area contributed by atoms with Crippen LogP contribution in [0, 0.1) is 5.92 Å². The van der Waals surface area contributed by atoms with Crippen LogP contribution in [-0.4, -0.2) is 21.3 Å². The molecule has 0 aliphatic carbocycles. The Morgan fingerprint density at radius 1 is 1.12 bits per heavy atom. The molecule has 1 aromatic rings. The normalized spacial score (nSPS) is 15.0. The minimum absolute atomic E-state index is 0. The number of hydrogen-bond donors (Lipinski definition) is 2. The molecule has 0 amide bonds. The molecule has 4 N–H and O–H groups in total. The lowest BCUT2D eigenvalue weighted by atomic mass is 10.00. The van der Waals surface area contributed by atoms with Crippen LogP contribution in [0.15, 0.2) is 4.42 Å². The summed E-state index contributed by atoms with van der Waals surface area (Å²) >= 11 is 0. The molecule has 1 heterocycles. The third kappa shape index (κ3) is 3.43. The Morgan fingerprint density at radius 2 is 1.62 bits per heavy atom. The van der Waals surface area contributed by atoms with Gasteiger partial charge < -0.3 is 27.7 Å². The highest BCUT2D eigenvalue weighted by atomic mass is 35.5. The Kier molecular flexibility index (Phi) is 5.92. The van der Waals surface area contributed by atoms with E-state index in [0.29, 0.717) is 5.89 Å². The quantitative estimate of drug-likeness (QED) is 0.618. The molecule has 6 heteroatoms. The number of aliphatic hydroxyl groups excluding tert-OH is 1. The van der Waals surface area contributed by atoms with Crippen molar-refractivity contribution in [1.82, 2.24) is 10.2 Å². The molecule has 0 bridgehead atoms. The molecule has 0 saturated carbocycles. The molecular formula is C10H20ClN3O2. The van der Waals surface area contributed by atoms with Gasteiger partial charge in [0.25, 0.3) is 5.89 Å². The molecule has 0 aliphatic heterocycles. The minimum Gasteiger partial charge on any atom is -1.00 e. The zero-order chi connectivity index (χ0) is 11.6. The van der Waals surface area contributed by atoms with Gasteiger partial charge in [0, 0.05) is 11.8 Å². The summed E-state index contributed by atoms with van der Waals surface area (Å²) in [5, 5.41) is 17.6. The minimum atomic E-state index is -0.773. The van der Waals surface area contributed by atoms with Gasteiger partial charge in [-0.2, -0.15) is 0 Å². The Balaban J connectivity index is 0.00000225. The molecule has 0 spiro atoms. The smallest absolute Gasteiger partial charge is 0.251 e. The maximum Gasteiger partial charge on any atom is 0.251 e. The molecule has 0 aliphatic rings. The summed E-state index contributed by atoms with van der Waals surface area (Å²) < 4.78 is 5.37. The molecule has 1 aromatic heterocycles. The van der Waals surface area contributed by atoms with Gasteiger partial charge in [-0.1, -0.05) is 27.7 Å². The van der Waals surface area contributed by atoms with Crippen molar-refractivity contribution in [3.63, 3.8) is 0 Å². The fourth-order valence-corrected chi connectivity index (χ4v) is 1.15. The summed E-state index contributed by atoms with van der Waals surface area (Å²) in [6.45, 7) is 7.93. The Hall–Kier alpha value is -0.650. The summed E-state index contributed by atoms with van der Waals surface area (Å²) in [5.41, 5.74) is 3.89. The average Bonchev–Trinajstić information content (AvgIpc) is 2.64. The van der Waals surface area contributed by atoms with Crippen LogP contribution in [0.4, 0.5) is 0 Å². The highest BCUT2D eigenvalue weighted by Crippen LogP contribution is 2.20. The van der Waals surface area contributed by atoms with E-state index in [-0.39, 0.29) is 36.2 Å². The van der Waals surface area contributed by atoms with E-state index in [9.17, 15) is 5.11 Å². The monoisotopic (exact) mass is 249 g/mol. The van der Waals surface area contributed by atoms with Crippen molar-refractivity contribution in [3.05, 3.63) is 11.8 Å². The van der Waals surface area contributed by atoms with Crippen molar-refractivity contribution >= 4 is 0 Å². The lowest BCUT2D eigenvalue weighted by molar-refractivity contribution is -0.451. The predicted molar refractivity (Wildman–Crippen MR) is 54.9 cm³/mol. The van der Waals surface area contributed by atoms with Crippen LogP contribution in [0.25, 0.3) is 0 Å². The van der Waals surface area contributed by atoms with Gasteiger partial charge in [0.1, 0.15) is 6.04 Å². The maximum atomic E-state index is 9.90. The van der Waals surface area contributed by atoms with E-state index in [1.807, 2.05) is 27.7 Å². The van der Waals surface area contributed by atoms with Crippen LogP contribution in [-0.2, 0) is 0 Å². The zero-order valence-electron chi connectivity index (χ0n) is 10.1. The summed E-state index contributed by atoms with van der Waals surface area (Å²) in [6.07, 6.45) is -0.773. The van der Waals surface area contributed by atoms with Crippen LogP contribution < -0.4 is 18.1 Å². The highest BCUT2D eigenvalue weighted by molar-refractivity contribution is 4.92. The molecule has 1 rings (SSSR count). The van der Waals surface area contributed by atoms with E-state index in [1.165, 1.54) is 0 Å². The van der Waals surface area contributed by atoms with E-state index in [0.717, 1.165) is 0 Å². The topological polar surface area (TPSA) is 86.8 Å². The second kappa shape index (κ2) is 6.18. The SMILES string of the molecule is CC(C)c1nnc(C(O)[C@@H]([NH3+])C(C)C)o1.[Cl-]. The predicted octanol–water partition coefficient (Wildman–Crippen LogP) is -2.50. The fraction of sp³-hybridized carbons (Fsp3) is 0.800. The Labute approximate surface area is 102 Å². The van der Waals surface area contributed by atoms with Gasteiger partial charge in [0.05, 0.1) is 0 Å². The number of nitrogens with zero attached hydrogens (tertiary/aromatic N) is 2. The first-order chi connectivity index (χ1) is 6.93. The van der Waals surface area contributed by atoms with E-state index in [4.69, 9.17) is 4.42 Å². The number of halogens is 1. The number of aromatic nitrogens is 2. The molecule has 0 aromatic carbocycles. The molecular weight excluding hydrogens is 230 g/mol. The zero-order valence-corrected chi connectivity index (χ0v) is 10.9. The highest BCUT2D eigenvalue weighted by Gasteiger charge is 2.28.